The van der Waals surface area contributed by atoms with Crippen molar-refractivity contribution in [1.82, 2.24) is 14.5 Å². The van der Waals surface area contributed by atoms with Gasteiger partial charge in [0.2, 0.25) is 21.8 Å². The van der Waals surface area contributed by atoms with Gasteiger partial charge in [0.15, 0.2) is 0 Å². The zero-order valence-corrected chi connectivity index (χ0v) is 15.9. The number of halogens is 1. The van der Waals surface area contributed by atoms with E-state index in [4.69, 9.17) is 0 Å². The molecule has 7 nitrogen and oxygen atoms in total. The lowest BCUT2D eigenvalue weighted by molar-refractivity contribution is -0.138. The summed E-state index contributed by atoms with van der Waals surface area (Å²) in [6, 6.07) is 4.23. The number of benzene rings is 1. The highest BCUT2D eigenvalue weighted by molar-refractivity contribution is 7.89. The van der Waals surface area contributed by atoms with Gasteiger partial charge in [0.05, 0.1) is 4.90 Å². The van der Waals surface area contributed by atoms with Gasteiger partial charge in [0.25, 0.3) is 0 Å². The standard InChI is InChI=1S/C17H24FN3O4S/c1-12(2)16(19-13(3)22)17(23)20-7-9-21(10-8-20)26(24,25)15-6-4-5-14(18)11-15/h4-6,11-12,16H,7-10H2,1-3H3,(H,19,22)/t16-/m1/s1. The lowest BCUT2D eigenvalue weighted by Crippen LogP contribution is -2.56. The van der Waals surface area contributed by atoms with E-state index >= 15 is 0 Å². The summed E-state index contributed by atoms with van der Waals surface area (Å²) in [5, 5.41) is 2.65. The van der Waals surface area contributed by atoms with Gasteiger partial charge in [-0.25, -0.2) is 12.8 Å². The van der Waals surface area contributed by atoms with Crippen LogP contribution in [0.1, 0.15) is 20.8 Å². The molecule has 9 heteroatoms. The zero-order valence-electron chi connectivity index (χ0n) is 15.1. The van der Waals surface area contributed by atoms with Crippen LogP contribution in [0, 0.1) is 11.7 Å². The van der Waals surface area contributed by atoms with Crippen molar-refractivity contribution in [3.63, 3.8) is 0 Å². The fraction of sp³-hybridized carbons (Fsp3) is 0.529. The fourth-order valence-corrected chi connectivity index (χ4v) is 4.31. The van der Waals surface area contributed by atoms with Gasteiger partial charge in [-0.3, -0.25) is 9.59 Å². The summed E-state index contributed by atoms with van der Waals surface area (Å²) >= 11 is 0. The molecule has 0 unspecified atom stereocenters. The summed E-state index contributed by atoms with van der Waals surface area (Å²) in [6.07, 6.45) is 0. The minimum absolute atomic E-state index is 0.0829. The first-order chi connectivity index (χ1) is 12.1. The molecule has 1 aromatic carbocycles. The van der Waals surface area contributed by atoms with Gasteiger partial charge < -0.3 is 10.2 Å². The number of nitrogens with zero attached hydrogens (tertiary/aromatic N) is 2. The third kappa shape index (κ3) is 4.59. The van der Waals surface area contributed by atoms with Crippen LogP contribution >= 0.6 is 0 Å². The van der Waals surface area contributed by atoms with Crippen LogP contribution in [-0.2, 0) is 19.6 Å². The molecule has 1 fully saturated rings. The average molecular weight is 385 g/mol. The number of nitrogens with one attached hydrogen (secondary N) is 1. The number of hydrogen-bond acceptors (Lipinski definition) is 4. The first-order valence-electron chi connectivity index (χ1n) is 8.44. The molecule has 1 saturated heterocycles. The topological polar surface area (TPSA) is 86.8 Å². The number of carbonyl (C=O) groups excluding carboxylic acids is 2. The van der Waals surface area contributed by atoms with Crippen molar-refractivity contribution < 1.29 is 22.4 Å². The maximum Gasteiger partial charge on any atom is 0.245 e. The second-order valence-corrected chi connectivity index (χ2v) is 8.55. The van der Waals surface area contributed by atoms with Gasteiger partial charge >= 0.3 is 0 Å². The Bertz CT molecular complexity index is 774. The van der Waals surface area contributed by atoms with Crippen LogP contribution in [0.15, 0.2) is 29.2 Å². The smallest absolute Gasteiger partial charge is 0.245 e. The molecular weight excluding hydrogens is 361 g/mol. The van der Waals surface area contributed by atoms with Crippen LogP contribution in [-0.4, -0.2) is 61.7 Å². The third-order valence-corrected chi connectivity index (χ3v) is 6.17. The number of rotatable bonds is 5. The van der Waals surface area contributed by atoms with E-state index in [0.717, 1.165) is 6.07 Å². The predicted molar refractivity (Wildman–Crippen MR) is 94.2 cm³/mol. The van der Waals surface area contributed by atoms with Crippen molar-refractivity contribution in [2.45, 2.75) is 31.7 Å². The van der Waals surface area contributed by atoms with Crippen LogP contribution in [0.2, 0.25) is 0 Å². The van der Waals surface area contributed by atoms with Gasteiger partial charge in [-0.15, -0.1) is 0 Å². The molecule has 144 valence electrons. The summed E-state index contributed by atoms with van der Waals surface area (Å²) in [4.78, 5) is 25.4. The maximum absolute atomic E-state index is 13.3. The van der Waals surface area contributed by atoms with Crippen molar-refractivity contribution in [1.29, 1.82) is 0 Å². The lowest BCUT2D eigenvalue weighted by Gasteiger charge is -2.36. The SMILES string of the molecule is CC(=O)N[C@@H](C(=O)N1CCN(S(=O)(=O)c2cccc(F)c2)CC1)C(C)C. The molecule has 0 bridgehead atoms. The van der Waals surface area contributed by atoms with Crippen LogP contribution < -0.4 is 5.32 Å². The average Bonchev–Trinajstić information content (AvgIpc) is 2.59. The second-order valence-electron chi connectivity index (χ2n) is 6.61. The molecule has 0 radical (unpaired) electrons. The molecule has 0 saturated carbocycles. The lowest BCUT2D eigenvalue weighted by atomic mass is 10.0. The van der Waals surface area contributed by atoms with Gasteiger partial charge in [-0.1, -0.05) is 19.9 Å². The molecule has 1 N–H and O–H groups in total. The van der Waals surface area contributed by atoms with E-state index in [1.807, 2.05) is 13.8 Å². The highest BCUT2D eigenvalue weighted by Crippen LogP contribution is 2.19. The molecule has 1 atom stereocenters. The van der Waals surface area contributed by atoms with Gasteiger partial charge in [0, 0.05) is 33.1 Å². The summed E-state index contributed by atoms with van der Waals surface area (Å²) in [6.45, 7) is 5.70. The molecule has 26 heavy (non-hydrogen) atoms. The second kappa shape index (κ2) is 8.13. The normalized spacial score (nSPS) is 17.2. The van der Waals surface area contributed by atoms with E-state index in [1.165, 1.54) is 29.4 Å². The Morgan fingerprint density at radius 1 is 1.15 bits per heavy atom. The Kier molecular flexibility index (Phi) is 6.35. The van der Waals surface area contributed by atoms with E-state index in [-0.39, 0.29) is 48.8 Å². The first kappa shape index (κ1) is 20.3. The molecule has 1 aliphatic rings. The van der Waals surface area contributed by atoms with E-state index in [2.05, 4.69) is 5.32 Å². The minimum Gasteiger partial charge on any atom is -0.344 e. The van der Waals surface area contributed by atoms with Crippen molar-refractivity contribution in [3.8, 4) is 0 Å². The van der Waals surface area contributed by atoms with E-state index in [0.29, 0.717) is 0 Å². The molecule has 2 amide bonds. The maximum atomic E-state index is 13.3. The number of carbonyl (C=O) groups is 2. The number of hydrogen-bond donors (Lipinski definition) is 1. The largest absolute Gasteiger partial charge is 0.344 e. The van der Waals surface area contributed by atoms with E-state index < -0.39 is 21.9 Å². The summed E-state index contributed by atoms with van der Waals surface area (Å²) in [7, 11) is -3.80. The number of piperazine rings is 1. The molecule has 1 heterocycles. The predicted octanol–water partition coefficient (Wildman–Crippen LogP) is 0.819. The monoisotopic (exact) mass is 385 g/mol. The quantitative estimate of drug-likeness (QED) is 0.813. The molecule has 0 spiro atoms. The van der Waals surface area contributed by atoms with Crippen molar-refractivity contribution in [2.75, 3.05) is 26.2 Å². The molecular formula is C17H24FN3O4S. The molecule has 0 aliphatic carbocycles. The summed E-state index contributed by atoms with van der Waals surface area (Å²) in [5.41, 5.74) is 0. The van der Waals surface area contributed by atoms with E-state index in [9.17, 15) is 22.4 Å². The van der Waals surface area contributed by atoms with Crippen LogP contribution in [0.5, 0.6) is 0 Å². The summed E-state index contributed by atoms with van der Waals surface area (Å²) in [5.74, 6) is -1.21. The van der Waals surface area contributed by atoms with Crippen LogP contribution in [0.3, 0.4) is 0 Å². The number of amides is 2. The van der Waals surface area contributed by atoms with Crippen molar-refractivity contribution in [3.05, 3.63) is 30.1 Å². The van der Waals surface area contributed by atoms with Gasteiger partial charge in [-0.2, -0.15) is 4.31 Å². The number of sulfonamides is 1. The fourth-order valence-electron chi connectivity index (χ4n) is 2.85. The van der Waals surface area contributed by atoms with Crippen molar-refractivity contribution in [2.24, 2.45) is 5.92 Å². The highest BCUT2D eigenvalue weighted by Gasteiger charge is 2.33. The first-order valence-corrected chi connectivity index (χ1v) is 9.88. The van der Waals surface area contributed by atoms with Crippen LogP contribution in [0.25, 0.3) is 0 Å². The molecule has 2 rings (SSSR count). The zero-order chi connectivity index (χ0) is 19.5. The molecule has 1 aromatic rings. The molecule has 1 aliphatic heterocycles. The summed E-state index contributed by atoms with van der Waals surface area (Å²) < 4.78 is 39.8. The Morgan fingerprint density at radius 2 is 1.77 bits per heavy atom. The molecule has 0 aromatic heterocycles. The van der Waals surface area contributed by atoms with Gasteiger partial charge in [0.1, 0.15) is 11.9 Å². The minimum atomic E-state index is -3.80. The van der Waals surface area contributed by atoms with Crippen molar-refractivity contribution >= 4 is 21.8 Å². The van der Waals surface area contributed by atoms with E-state index in [1.54, 1.807) is 4.90 Å². The Morgan fingerprint density at radius 3 is 2.27 bits per heavy atom. The third-order valence-electron chi connectivity index (χ3n) is 4.28. The van der Waals surface area contributed by atoms with Gasteiger partial charge in [-0.05, 0) is 24.1 Å². The Labute approximate surface area is 153 Å². The highest BCUT2D eigenvalue weighted by atomic mass is 32.2. The Balaban J connectivity index is 2.06. The Hall–Kier alpha value is -2.00. The van der Waals surface area contributed by atoms with Crippen LogP contribution in [0.4, 0.5) is 4.39 Å².